The summed E-state index contributed by atoms with van der Waals surface area (Å²) in [5.41, 5.74) is 3.25. The number of amides is 1. The molecular weight excluding hydrogens is 376 g/mol. The summed E-state index contributed by atoms with van der Waals surface area (Å²) in [4.78, 5) is 25.0. The van der Waals surface area contributed by atoms with Gasteiger partial charge in [0.25, 0.3) is 0 Å². The van der Waals surface area contributed by atoms with Crippen LogP contribution in [0.4, 0.5) is 11.5 Å². The Morgan fingerprint density at radius 2 is 1.67 bits per heavy atom. The van der Waals surface area contributed by atoms with Crippen molar-refractivity contribution in [3.8, 4) is 0 Å². The van der Waals surface area contributed by atoms with Crippen molar-refractivity contribution < 1.29 is 4.79 Å². The van der Waals surface area contributed by atoms with Gasteiger partial charge in [0.2, 0.25) is 5.91 Å². The van der Waals surface area contributed by atoms with Crippen LogP contribution in [-0.2, 0) is 17.9 Å². The zero-order valence-electron chi connectivity index (χ0n) is 17.6. The highest BCUT2D eigenvalue weighted by Gasteiger charge is 2.21. The number of benzene rings is 1. The smallest absolute Gasteiger partial charge is 0.227 e. The van der Waals surface area contributed by atoms with E-state index in [2.05, 4.69) is 49.8 Å². The van der Waals surface area contributed by atoms with E-state index >= 15 is 0 Å². The molecule has 1 aromatic heterocycles. The van der Waals surface area contributed by atoms with Crippen LogP contribution in [0.5, 0.6) is 0 Å². The second kappa shape index (κ2) is 9.61. The van der Waals surface area contributed by atoms with Gasteiger partial charge in [0, 0.05) is 58.1 Å². The van der Waals surface area contributed by atoms with Crippen molar-refractivity contribution in [2.75, 3.05) is 36.5 Å². The van der Waals surface area contributed by atoms with Crippen molar-refractivity contribution in [3.63, 3.8) is 0 Å². The highest BCUT2D eigenvalue weighted by atomic mass is 16.2. The fraction of sp³-hybridized carbons (Fsp3) is 0.435. The number of aliphatic imine (C=N–C) groups is 1. The van der Waals surface area contributed by atoms with E-state index in [0.29, 0.717) is 19.5 Å². The van der Waals surface area contributed by atoms with Crippen LogP contribution >= 0.6 is 0 Å². The number of anilines is 2. The molecule has 0 bridgehead atoms. The van der Waals surface area contributed by atoms with Gasteiger partial charge in [-0.1, -0.05) is 18.2 Å². The fourth-order valence-corrected chi connectivity index (χ4v) is 3.96. The Morgan fingerprint density at radius 1 is 0.967 bits per heavy atom. The number of rotatable bonds is 6. The zero-order valence-corrected chi connectivity index (χ0v) is 17.6. The first-order valence-electron chi connectivity index (χ1n) is 10.8. The molecule has 3 heterocycles. The first kappa shape index (κ1) is 20.2. The molecule has 0 unspecified atom stereocenters. The molecule has 4 rings (SSSR count). The van der Waals surface area contributed by atoms with Crippen molar-refractivity contribution in [2.24, 2.45) is 4.99 Å². The SMILES string of the molecule is CN=C(NCc1ccc(N2CCCC2=O)cc1)NCc1ccc(N2CCCC2)nc1. The number of carbonyl (C=O) groups is 1. The maximum absolute atomic E-state index is 11.9. The number of hydrogen-bond donors (Lipinski definition) is 2. The second-order valence-electron chi connectivity index (χ2n) is 7.81. The van der Waals surface area contributed by atoms with Gasteiger partial charge in [0.1, 0.15) is 5.82 Å². The number of hydrogen-bond acceptors (Lipinski definition) is 4. The van der Waals surface area contributed by atoms with Crippen LogP contribution in [0.2, 0.25) is 0 Å². The molecule has 2 aromatic rings. The largest absolute Gasteiger partial charge is 0.357 e. The number of nitrogens with zero attached hydrogens (tertiary/aromatic N) is 4. The summed E-state index contributed by atoms with van der Waals surface area (Å²) in [7, 11) is 1.77. The molecule has 0 atom stereocenters. The first-order valence-corrected chi connectivity index (χ1v) is 10.8. The summed E-state index contributed by atoms with van der Waals surface area (Å²) in [5.74, 6) is 2.03. The average Bonchev–Trinajstić information content (AvgIpc) is 3.47. The molecule has 2 fully saturated rings. The molecule has 0 aliphatic carbocycles. The molecule has 7 nitrogen and oxygen atoms in total. The molecule has 0 radical (unpaired) electrons. The third kappa shape index (κ3) is 4.90. The van der Waals surface area contributed by atoms with Gasteiger partial charge in [-0.25, -0.2) is 4.98 Å². The standard InChI is InChI=1S/C23H30N6O/c1-24-23(27-17-19-8-11-21(25-16-19)28-12-2-3-13-28)26-15-18-6-9-20(10-7-18)29-14-4-5-22(29)30/h6-11,16H,2-5,12-15,17H2,1H3,(H2,24,26,27). The Balaban J connectivity index is 1.25. The van der Waals surface area contributed by atoms with E-state index in [9.17, 15) is 4.79 Å². The van der Waals surface area contributed by atoms with E-state index in [1.165, 1.54) is 12.8 Å². The molecular formula is C23H30N6O. The summed E-state index contributed by atoms with van der Waals surface area (Å²) in [6.07, 6.45) is 6.05. The predicted molar refractivity (Wildman–Crippen MR) is 121 cm³/mol. The fourth-order valence-electron chi connectivity index (χ4n) is 3.96. The molecule has 2 saturated heterocycles. The van der Waals surface area contributed by atoms with Gasteiger partial charge in [0.15, 0.2) is 5.96 Å². The van der Waals surface area contributed by atoms with Gasteiger partial charge in [0.05, 0.1) is 0 Å². The monoisotopic (exact) mass is 406 g/mol. The van der Waals surface area contributed by atoms with Crippen LogP contribution in [0.25, 0.3) is 0 Å². The van der Waals surface area contributed by atoms with Crippen molar-refractivity contribution >= 4 is 23.4 Å². The van der Waals surface area contributed by atoms with Gasteiger partial charge >= 0.3 is 0 Å². The van der Waals surface area contributed by atoms with Gasteiger partial charge in [-0.15, -0.1) is 0 Å². The van der Waals surface area contributed by atoms with Crippen LogP contribution in [0, 0.1) is 0 Å². The Morgan fingerprint density at radius 3 is 2.27 bits per heavy atom. The summed E-state index contributed by atoms with van der Waals surface area (Å²) < 4.78 is 0. The number of guanidine groups is 1. The summed E-state index contributed by atoms with van der Waals surface area (Å²) in [5, 5.41) is 6.68. The van der Waals surface area contributed by atoms with E-state index in [1.807, 2.05) is 23.2 Å². The minimum Gasteiger partial charge on any atom is -0.357 e. The van der Waals surface area contributed by atoms with Crippen molar-refractivity contribution in [1.82, 2.24) is 15.6 Å². The Labute approximate surface area is 178 Å². The van der Waals surface area contributed by atoms with Gasteiger partial charge in [-0.3, -0.25) is 9.79 Å². The molecule has 2 N–H and O–H groups in total. The van der Waals surface area contributed by atoms with E-state index in [4.69, 9.17) is 0 Å². The van der Waals surface area contributed by atoms with Crippen LogP contribution in [0.1, 0.15) is 36.8 Å². The maximum atomic E-state index is 11.9. The zero-order chi connectivity index (χ0) is 20.8. The topological polar surface area (TPSA) is 72.9 Å². The molecule has 7 heteroatoms. The lowest BCUT2D eigenvalue weighted by atomic mass is 10.2. The van der Waals surface area contributed by atoms with Crippen LogP contribution < -0.4 is 20.4 Å². The predicted octanol–water partition coefficient (Wildman–Crippen LogP) is 2.67. The Kier molecular flexibility index (Phi) is 6.47. The summed E-state index contributed by atoms with van der Waals surface area (Å²) in [6.45, 7) is 4.37. The number of pyridine rings is 1. The van der Waals surface area contributed by atoms with Gasteiger partial charge in [-0.05, 0) is 48.6 Å². The quantitative estimate of drug-likeness (QED) is 0.570. The highest BCUT2D eigenvalue weighted by molar-refractivity contribution is 5.95. The molecule has 1 amide bonds. The molecule has 0 spiro atoms. The highest BCUT2D eigenvalue weighted by Crippen LogP contribution is 2.21. The average molecular weight is 407 g/mol. The first-order chi connectivity index (χ1) is 14.7. The molecule has 1 aromatic carbocycles. The third-order valence-corrected chi connectivity index (χ3v) is 5.70. The summed E-state index contributed by atoms with van der Waals surface area (Å²) in [6, 6.07) is 12.4. The lowest BCUT2D eigenvalue weighted by Crippen LogP contribution is -2.36. The second-order valence-corrected chi connectivity index (χ2v) is 7.81. The van der Waals surface area contributed by atoms with Gasteiger partial charge in [-0.2, -0.15) is 0 Å². The number of nitrogens with one attached hydrogen (secondary N) is 2. The number of carbonyl (C=O) groups excluding carboxylic acids is 1. The molecule has 2 aliphatic rings. The van der Waals surface area contributed by atoms with Crippen molar-refractivity contribution in [2.45, 2.75) is 38.8 Å². The van der Waals surface area contributed by atoms with Crippen LogP contribution in [0.3, 0.4) is 0 Å². The molecule has 2 aliphatic heterocycles. The minimum atomic E-state index is 0.216. The molecule has 0 saturated carbocycles. The third-order valence-electron chi connectivity index (χ3n) is 5.70. The minimum absolute atomic E-state index is 0.216. The normalized spacial score (nSPS) is 17.0. The lowest BCUT2D eigenvalue weighted by Gasteiger charge is -2.17. The Hall–Kier alpha value is -3.09. The van der Waals surface area contributed by atoms with Crippen LogP contribution in [0.15, 0.2) is 47.6 Å². The van der Waals surface area contributed by atoms with E-state index in [-0.39, 0.29) is 5.91 Å². The van der Waals surface area contributed by atoms with Crippen LogP contribution in [-0.4, -0.2) is 43.5 Å². The maximum Gasteiger partial charge on any atom is 0.227 e. The van der Waals surface area contributed by atoms with E-state index in [1.54, 1.807) is 7.05 Å². The number of aromatic nitrogens is 1. The Bertz CT molecular complexity index is 872. The molecule has 30 heavy (non-hydrogen) atoms. The van der Waals surface area contributed by atoms with Crippen molar-refractivity contribution in [3.05, 3.63) is 53.7 Å². The van der Waals surface area contributed by atoms with Gasteiger partial charge < -0.3 is 20.4 Å². The van der Waals surface area contributed by atoms with Crippen molar-refractivity contribution in [1.29, 1.82) is 0 Å². The van der Waals surface area contributed by atoms with E-state index in [0.717, 1.165) is 54.6 Å². The lowest BCUT2D eigenvalue weighted by molar-refractivity contribution is -0.117. The summed E-state index contributed by atoms with van der Waals surface area (Å²) >= 11 is 0. The molecule has 158 valence electrons. The van der Waals surface area contributed by atoms with E-state index < -0.39 is 0 Å².